The molecule has 114 valence electrons. The molecule has 5 heteroatoms. The smallest absolute Gasteiger partial charge is 0.228 e. The molecule has 1 N–H and O–H groups in total. The molecule has 0 bridgehead atoms. The number of fused-ring (bicyclic) bond motifs is 1. The Balaban J connectivity index is 1.77. The van der Waals surface area contributed by atoms with Crippen molar-refractivity contribution in [2.45, 2.75) is 30.7 Å². The lowest BCUT2D eigenvalue weighted by atomic mass is 9.88. The van der Waals surface area contributed by atoms with Crippen LogP contribution in [0, 0.1) is 0 Å². The molecule has 2 heterocycles. The summed E-state index contributed by atoms with van der Waals surface area (Å²) < 4.78 is 11.0. The van der Waals surface area contributed by atoms with Crippen LogP contribution in [0.3, 0.4) is 0 Å². The molecule has 1 unspecified atom stereocenters. The predicted octanol–water partition coefficient (Wildman–Crippen LogP) is 2.46. The van der Waals surface area contributed by atoms with Crippen molar-refractivity contribution in [3.63, 3.8) is 0 Å². The largest absolute Gasteiger partial charge is 0.493 e. The third-order valence-electron chi connectivity index (χ3n) is 4.37. The zero-order valence-electron chi connectivity index (χ0n) is 11.9. The minimum Gasteiger partial charge on any atom is -0.493 e. The highest BCUT2D eigenvalue weighted by Gasteiger charge is 2.36. The van der Waals surface area contributed by atoms with Gasteiger partial charge in [-0.2, -0.15) is 0 Å². The number of hydrogen-bond acceptors (Lipinski definition) is 3. The Morgan fingerprint density at radius 1 is 1.29 bits per heavy atom. The number of halogens is 1. The lowest BCUT2D eigenvalue weighted by molar-refractivity contribution is -0.126. The van der Waals surface area contributed by atoms with E-state index in [0.717, 1.165) is 24.2 Å². The molecule has 0 aromatic heterocycles. The minimum atomic E-state index is -0.329. The van der Waals surface area contributed by atoms with Crippen molar-refractivity contribution >= 4 is 17.5 Å². The molecular weight excluding hydrogens is 290 g/mol. The van der Waals surface area contributed by atoms with Crippen molar-refractivity contribution in [2.75, 3.05) is 25.7 Å². The molecular formula is C16H20ClNO3. The third-order valence-corrected chi connectivity index (χ3v) is 4.88. The molecule has 2 aliphatic rings. The SMILES string of the molecule is O=C(NC1(CCl)CCOCC1)C1CCOc2ccccc21. The number of nitrogens with one attached hydrogen (secondary N) is 1. The summed E-state index contributed by atoms with van der Waals surface area (Å²) in [6, 6.07) is 7.76. The number of para-hydroxylation sites is 1. The van der Waals surface area contributed by atoms with E-state index in [1.165, 1.54) is 0 Å². The van der Waals surface area contributed by atoms with Gasteiger partial charge in [-0.05, 0) is 25.3 Å². The molecule has 1 atom stereocenters. The number of rotatable bonds is 3. The van der Waals surface area contributed by atoms with Crippen molar-refractivity contribution < 1.29 is 14.3 Å². The van der Waals surface area contributed by atoms with Crippen molar-refractivity contribution in [2.24, 2.45) is 0 Å². The number of amides is 1. The molecule has 4 nitrogen and oxygen atoms in total. The number of ether oxygens (including phenoxy) is 2. The Bertz CT molecular complexity index is 514. The molecule has 21 heavy (non-hydrogen) atoms. The number of carbonyl (C=O) groups excluding carboxylic acids is 1. The maximum absolute atomic E-state index is 12.7. The summed E-state index contributed by atoms with van der Waals surface area (Å²) >= 11 is 6.13. The summed E-state index contributed by atoms with van der Waals surface area (Å²) in [6.07, 6.45) is 2.25. The molecule has 1 aromatic carbocycles. The Kier molecular flexibility index (Phi) is 4.36. The minimum absolute atomic E-state index is 0.0494. The molecule has 3 rings (SSSR count). The molecule has 0 saturated carbocycles. The van der Waals surface area contributed by atoms with Crippen molar-refractivity contribution in [1.29, 1.82) is 0 Å². The lowest BCUT2D eigenvalue weighted by Gasteiger charge is -2.38. The highest BCUT2D eigenvalue weighted by molar-refractivity contribution is 6.18. The van der Waals surface area contributed by atoms with Gasteiger partial charge in [0.2, 0.25) is 5.91 Å². The van der Waals surface area contributed by atoms with E-state index in [1.807, 2.05) is 24.3 Å². The highest BCUT2D eigenvalue weighted by Crippen LogP contribution is 2.34. The second kappa shape index (κ2) is 6.24. The normalized spacial score (nSPS) is 23.8. The Labute approximate surface area is 129 Å². The first-order chi connectivity index (χ1) is 10.2. The van der Waals surface area contributed by atoms with E-state index in [2.05, 4.69) is 5.32 Å². The topological polar surface area (TPSA) is 47.6 Å². The van der Waals surface area contributed by atoms with Crippen LogP contribution in [0.2, 0.25) is 0 Å². The van der Waals surface area contributed by atoms with Crippen LogP contribution in [0.15, 0.2) is 24.3 Å². The van der Waals surface area contributed by atoms with Crippen molar-refractivity contribution in [3.8, 4) is 5.75 Å². The summed E-state index contributed by atoms with van der Waals surface area (Å²) in [6.45, 7) is 1.88. The van der Waals surface area contributed by atoms with E-state index >= 15 is 0 Å². The van der Waals surface area contributed by atoms with Gasteiger partial charge in [0, 0.05) is 24.7 Å². The first-order valence-corrected chi connectivity index (χ1v) is 7.95. The van der Waals surface area contributed by atoms with Crippen LogP contribution in [0.25, 0.3) is 0 Å². The Hall–Kier alpha value is -1.26. The van der Waals surface area contributed by atoms with E-state index in [9.17, 15) is 4.79 Å². The predicted molar refractivity (Wildman–Crippen MR) is 80.9 cm³/mol. The van der Waals surface area contributed by atoms with Gasteiger partial charge in [0.15, 0.2) is 0 Å². The molecule has 2 aliphatic heterocycles. The number of hydrogen-bond donors (Lipinski definition) is 1. The van der Waals surface area contributed by atoms with Gasteiger partial charge in [0.05, 0.1) is 18.1 Å². The van der Waals surface area contributed by atoms with Crippen LogP contribution in [0.1, 0.15) is 30.7 Å². The van der Waals surface area contributed by atoms with Gasteiger partial charge in [-0.1, -0.05) is 18.2 Å². The molecule has 1 fully saturated rings. The highest BCUT2D eigenvalue weighted by atomic mass is 35.5. The van der Waals surface area contributed by atoms with Crippen molar-refractivity contribution in [1.82, 2.24) is 5.32 Å². The molecule has 1 aromatic rings. The fourth-order valence-corrected chi connectivity index (χ4v) is 3.35. The van der Waals surface area contributed by atoms with Crippen LogP contribution in [0.5, 0.6) is 5.75 Å². The van der Waals surface area contributed by atoms with Crippen LogP contribution in [-0.4, -0.2) is 37.1 Å². The van der Waals surface area contributed by atoms with E-state index in [4.69, 9.17) is 21.1 Å². The third kappa shape index (κ3) is 3.01. The van der Waals surface area contributed by atoms with E-state index < -0.39 is 0 Å². The van der Waals surface area contributed by atoms with Gasteiger partial charge >= 0.3 is 0 Å². The molecule has 0 spiro atoms. The molecule has 1 saturated heterocycles. The lowest BCUT2D eigenvalue weighted by Crippen LogP contribution is -2.54. The monoisotopic (exact) mass is 309 g/mol. The fourth-order valence-electron chi connectivity index (χ4n) is 3.02. The van der Waals surface area contributed by atoms with Crippen LogP contribution in [-0.2, 0) is 9.53 Å². The van der Waals surface area contributed by atoms with E-state index in [-0.39, 0.29) is 17.4 Å². The summed E-state index contributed by atoms with van der Waals surface area (Å²) in [7, 11) is 0. The van der Waals surface area contributed by atoms with Crippen LogP contribution in [0.4, 0.5) is 0 Å². The zero-order valence-corrected chi connectivity index (χ0v) is 12.7. The average molecular weight is 310 g/mol. The zero-order chi connectivity index (χ0) is 14.7. The van der Waals surface area contributed by atoms with E-state index in [1.54, 1.807) is 0 Å². The maximum atomic E-state index is 12.7. The van der Waals surface area contributed by atoms with Gasteiger partial charge in [-0.15, -0.1) is 11.6 Å². The molecule has 0 aliphatic carbocycles. The summed E-state index contributed by atoms with van der Waals surface area (Å²) in [5, 5.41) is 3.19. The van der Waals surface area contributed by atoms with Gasteiger partial charge in [0.1, 0.15) is 5.75 Å². The summed E-state index contributed by atoms with van der Waals surface area (Å²) in [5.41, 5.74) is 0.641. The van der Waals surface area contributed by atoms with Gasteiger partial charge in [-0.25, -0.2) is 0 Å². The second-order valence-electron chi connectivity index (χ2n) is 5.74. The van der Waals surface area contributed by atoms with Crippen molar-refractivity contribution in [3.05, 3.63) is 29.8 Å². The summed E-state index contributed by atoms with van der Waals surface area (Å²) in [5.74, 6) is 1.13. The Morgan fingerprint density at radius 3 is 2.81 bits per heavy atom. The Morgan fingerprint density at radius 2 is 2.05 bits per heavy atom. The van der Waals surface area contributed by atoms with Gasteiger partial charge in [0.25, 0.3) is 0 Å². The second-order valence-corrected chi connectivity index (χ2v) is 6.01. The number of benzene rings is 1. The van der Waals surface area contributed by atoms with E-state index in [0.29, 0.717) is 32.1 Å². The first-order valence-electron chi connectivity index (χ1n) is 7.42. The summed E-state index contributed by atoms with van der Waals surface area (Å²) in [4.78, 5) is 12.7. The van der Waals surface area contributed by atoms with Gasteiger partial charge in [-0.3, -0.25) is 4.79 Å². The first kappa shape index (κ1) is 14.7. The molecule has 0 radical (unpaired) electrons. The maximum Gasteiger partial charge on any atom is 0.228 e. The van der Waals surface area contributed by atoms with Crippen LogP contribution >= 0.6 is 11.6 Å². The number of alkyl halides is 1. The van der Waals surface area contributed by atoms with Gasteiger partial charge < -0.3 is 14.8 Å². The molecule has 1 amide bonds. The quantitative estimate of drug-likeness (QED) is 0.873. The fraction of sp³-hybridized carbons (Fsp3) is 0.562. The average Bonchev–Trinajstić information content (AvgIpc) is 2.55. The number of carbonyl (C=O) groups is 1. The standard InChI is InChI=1S/C16H20ClNO3/c17-11-16(6-9-20-10-7-16)18-15(19)13-5-8-21-14-4-2-1-3-12(13)14/h1-4,13H,5-11H2,(H,18,19). The van der Waals surface area contributed by atoms with Crippen LogP contribution < -0.4 is 10.1 Å².